The van der Waals surface area contributed by atoms with Crippen molar-refractivity contribution < 1.29 is 33.4 Å². The Morgan fingerprint density at radius 3 is 2.46 bits per heavy atom. The smallest absolute Gasteiger partial charge is 0.355 e. The van der Waals surface area contributed by atoms with Crippen LogP contribution in [0, 0.1) is 5.41 Å². The molecule has 0 unspecified atom stereocenters. The number of Topliss-reactive ketones (excluding diaryl/α,β-unsaturated/α-hetero) is 1. The summed E-state index contributed by atoms with van der Waals surface area (Å²) in [6.45, 7) is 0. The molecule has 3 aromatic rings. The van der Waals surface area contributed by atoms with E-state index in [1.807, 2.05) is 24.3 Å². The molecule has 3 aliphatic rings. The molecule has 0 bridgehead atoms. The van der Waals surface area contributed by atoms with Crippen molar-refractivity contribution in [1.82, 2.24) is 4.90 Å². The number of esters is 2. The molecule has 3 aliphatic heterocycles. The maximum atomic E-state index is 14.5. The molecule has 0 aliphatic carbocycles. The van der Waals surface area contributed by atoms with Gasteiger partial charge in [-0.3, -0.25) is 4.79 Å². The molecule has 0 N–H and O–H groups in total. The molecule has 0 amide bonds. The van der Waals surface area contributed by atoms with E-state index in [-0.39, 0.29) is 22.6 Å². The fourth-order valence-electron chi connectivity index (χ4n) is 5.75. The lowest BCUT2D eigenvalue weighted by Crippen LogP contribution is -2.63. The van der Waals surface area contributed by atoms with Gasteiger partial charge in [-0.2, -0.15) is 0 Å². The van der Waals surface area contributed by atoms with Crippen LogP contribution < -0.4 is 4.74 Å². The highest BCUT2D eigenvalue weighted by Crippen LogP contribution is 2.57. The Hall–Kier alpha value is -4.72. The number of methoxy groups -OCH3 is 2. The number of benzene rings is 3. The van der Waals surface area contributed by atoms with Crippen molar-refractivity contribution in [2.75, 3.05) is 14.2 Å². The maximum absolute atomic E-state index is 14.5. The zero-order chi connectivity index (χ0) is 25.9. The first-order valence-corrected chi connectivity index (χ1v) is 11.6. The first-order chi connectivity index (χ1) is 18.0. The second-order valence-corrected chi connectivity index (χ2v) is 9.04. The zero-order valence-corrected chi connectivity index (χ0v) is 20.0. The summed E-state index contributed by atoms with van der Waals surface area (Å²) in [5.74, 6) is -2.00. The van der Waals surface area contributed by atoms with Crippen LogP contribution in [0.25, 0.3) is 16.8 Å². The van der Waals surface area contributed by atoms with Gasteiger partial charge in [-0.25, -0.2) is 9.59 Å². The average Bonchev–Trinajstić information content (AvgIpc) is 2.95. The molecule has 0 saturated carbocycles. The third-order valence-electron chi connectivity index (χ3n) is 7.38. The molecule has 6 rings (SSSR count). The number of rotatable bonds is 3. The van der Waals surface area contributed by atoms with Gasteiger partial charge in [-0.1, -0.05) is 54.6 Å². The van der Waals surface area contributed by atoms with Crippen LogP contribution in [-0.2, 0) is 23.9 Å². The predicted octanol–water partition coefficient (Wildman–Crippen LogP) is 3.61. The summed E-state index contributed by atoms with van der Waals surface area (Å²) in [4.78, 5) is 55.6. The number of hydrogen-bond donors (Lipinski definition) is 0. The van der Waals surface area contributed by atoms with Crippen molar-refractivity contribution in [3.63, 3.8) is 0 Å². The highest BCUT2D eigenvalue weighted by Gasteiger charge is 2.66. The fourth-order valence-corrected chi connectivity index (χ4v) is 5.75. The van der Waals surface area contributed by atoms with Crippen molar-refractivity contribution in [3.05, 3.63) is 94.8 Å². The quantitative estimate of drug-likeness (QED) is 0.309. The summed E-state index contributed by atoms with van der Waals surface area (Å²) in [6.07, 6.45) is 2.42. The lowest BCUT2D eigenvalue weighted by atomic mass is 9.61. The molecular weight excluding hydrogens is 474 g/mol. The Morgan fingerprint density at radius 1 is 0.973 bits per heavy atom. The van der Waals surface area contributed by atoms with Crippen LogP contribution >= 0.6 is 0 Å². The number of aldehydes is 1. The van der Waals surface area contributed by atoms with E-state index in [0.717, 1.165) is 18.1 Å². The van der Waals surface area contributed by atoms with Gasteiger partial charge in [0.05, 0.1) is 25.8 Å². The Labute approximate surface area is 211 Å². The summed E-state index contributed by atoms with van der Waals surface area (Å²) >= 11 is 0. The molecule has 0 aromatic heterocycles. The largest absolute Gasteiger partial charge is 0.482 e. The zero-order valence-electron chi connectivity index (χ0n) is 20.0. The van der Waals surface area contributed by atoms with Crippen LogP contribution in [0.2, 0.25) is 0 Å². The van der Waals surface area contributed by atoms with E-state index in [2.05, 4.69) is 0 Å². The van der Waals surface area contributed by atoms with Crippen molar-refractivity contribution in [2.45, 2.75) is 12.1 Å². The number of ether oxygens (including phenoxy) is 3. The van der Waals surface area contributed by atoms with Gasteiger partial charge in [0.15, 0.2) is 17.3 Å². The summed E-state index contributed by atoms with van der Waals surface area (Å²) < 4.78 is 16.6. The molecular formula is C29H21NO7. The van der Waals surface area contributed by atoms with Gasteiger partial charge in [0.25, 0.3) is 0 Å². The molecule has 0 fully saturated rings. The van der Waals surface area contributed by atoms with Gasteiger partial charge in [0.1, 0.15) is 23.3 Å². The molecule has 8 heteroatoms. The maximum Gasteiger partial charge on any atom is 0.355 e. The lowest BCUT2D eigenvalue weighted by molar-refractivity contribution is -0.146. The third kappa shape index (κ3) is 2.89. The van der Waals surface area contributed by atoms with Gasteiger partial charge in [-0.05, 0) is 28.7 Å². The van der Waals surface area contributed by atoms with Gasteiger partial charge >= 0.3 is 11.9 Å². The van der Waals surface area contributed by atoms with Gasteiger partial charge in [-0.15, -0.1) is 0 Å². The average molecular weight is 495 g/mol. The number of carbonyl (C=O) groups excluding carboxylic acids is 4. The Kier molecular flexibility index (Phi) is 5.01. The topological polar surface area (TPSA) is 99.2 Å². The normalized spacial score (nSPS) is 23.3. The highest BCUT2D eigenvalue weighted by molar-refractivity contribution is 6.18. The van der Waals surface area contributed by atoms with Crippen molar-refractivity contribution in [3.8, 4) is 5.75 Å². The summed E-state index contributed by atoms with van der Waals surface area (Å²) in [5, 5.41) is 1.45. The minimum absolute atomic E-state index is 0.149. The Balaban J connectivity index is 1.74. The van der Waals surface area contributed by atoms with Crippen LogP contribution in [0.3, 0.4) is 0 Å². The molecule has 0 spiro atoms. The lowest BCUT2D eigenvalue weighted by Gasteiger charge is -2.53. The van der Waals surface area contributed by atoms with E-state index in [0.29, 0.717) is 17.2 Å². The monoisotopic (exact) mass is 495 g/mol. The minimum atomic E-state index is -1.91. The van der Waals surface area contributed by atoms with Crippen LogP contribution in [0.5, 0.6) is 5.75 Å². The first kappa shape index (κ1) is 22.7. The van der Waals surface area contributed by atoms with Crippen LogP contribution in [0.1, 0.15) is 27.5 Å². The van der Waals surface area contributed by atoms with Crippen LogP contribution in [0.15, 0.2) is 78.1 Å². The van der Waals surface area contributed by atoms with Crippen LogP contribution in [-0.4, -0.2) is 49.2 Å². The Bertz CT molecular complexity index is 1590. The fraction of sp³-hybridized carbons (Fsp3) is 0.172. The van der Waals surface area contributed by atoms with Crippen molar-refractivity contribution in [1.29, 1.82) is 0 Å². The Morgan fingerprint density at radius 2 is 1.70 bits per heavy atom. The second kappa shape index (κ2) is 8.16. The summed E-state index contributed by atoms with van der Waals surface area (Å²) in [5.41, 5.74) is -0.685. The summed E-state index contributed by atoms with van der Waals surface area (Å²) in [6, 6.07) is 17.0. The van der Waals surface area contributed by atoms with Crippen LogP contribution in [0.4, 0.5) is 0 Å². The van der Waals surface area contributed by atoms with E-state index < -0.39 is 35.3 Å². The second-order valence-electron chi connectivity index (χ2n) is 9.04. The minimum Gasteiger partial charge on any atom is -0.482 e. The number of nitrogens with zero attached hydrogens (tertiary/aromatic N) is 1. The van der Waals surface area contributed by atoms with Gasteiger partial charge in [0, 0.05) is 11.6 Å². The predicted molar refractivity (Wildman–Crippen MR) is 132 cm³/mol. The van der Waals surface area contributed by atoms with E-state index >= 15 is 0 Å². The molecule has 3 atom stereocenters. The number of ketones is 1. The number of hydrogen-bond acceptors (Lipinski definition) is 8. The number of carbonyl (C=O) groups is 4. The highest BCUT2D eigenvalue weighted by atomic mass is 16.5. The third-order valence-corrected chi connectivity index (χ3v) is 7.38. The standard InChI is InChI=1S/C29H21NO7/c1-35-27(33)21-22(28(34)36-2)30-14-13-17-8-4-6-10-19(17)24(30)29(15-31)25(32)20-12-11-16-7-3-5-9-18(16)23(20)37-26(21)29/h3-15,24,26H,1-2H3/t24-,26+,29+/m1/s1. The molecule has 3 aromatic carbocycles. The number of fused-ring (bicyclic) bond motifs is 8. The van der Waals surface area contributed by atoms with Gasteiger partial charge < -0.3 is 23.9 Å². The SMILES string of the molecule is COC(=O)C1=C(C(=O)OC)N2C=Cc3ccccc3[C@@H]2[C@@]2(C=O)C(=O)c3ccc4ccccc4c3O[C@@H]12. The first-order valence-electron chi connectivity index (χ1n) is 11.6. The van der Waals surface area contributed by atoms with Crippen molar-refractivity contribution >= 4 is 40.9 Å². The van der Waals surface area contributed by atoms with Gasteiger partial charge in [0.2, 0.25) is 0 Å². The molecule has 8 nitrogen and oxygen atoms in total. The molecule has 0 saturated heterocycles. The van der Waals surface area contributed by atoms with Crippen molar-refractivity contribution in [2.24, 2.45) is 5.41 Å². The van der Waals surface area contributed by atoms with E-state index in [9.17, 15) is 19.2 Å². The van der Waals surface area contributed by atoms with E-state index in [4.69, 9.17) is 14.2 Å². The molecule has 3 heterocycles. The molecule has 0 radical (unpaired) electrons. The molecule has 37 heavy (non-hydrogen) atoms. The van der Waals surface area contributed by atoms with E-state index in [1.54, 1.807) is 48.7 Å². The van der Waals surface area contributed by atoms with E-state index in [1.165, 1.54) is 12.0 Å². The molecule has 184 valence electrons. The summed E-state index contributed by atoms with van der Waals surface area (Å²) in [7, 11) is 2.35.